The predicted octanol–water partition coefficient (Wildman–Crippen LogP) is 11.1. The number of benzene rings is 7. The van der Waals surface area contributed by atoms with Gasteiger partial charge in [0.15, 0.2) is 0 Å². The standard InChI is InChI=1S/C42H25N3O/c1-2-10-27(11-3-1)41-31-13-4-7-15-35(31)43-42(44-41)45-36-16-8-5-14-32(36)40-33-24-28(19-18-26(33)20-22-37(40)45)29-21-23-39-34(25-29)30-12-6-9-17-38(30)46-39/h1-25H. The fourth-order valence-corrected chi connectivity index (χ4v) is 7.07. The van der Waals surface area contributed by atoms with Crippen LogP contribution in [-0.2, 0) is 0 Å². The zero-order chi connectivity index (χ0) is 30.2. The van der Waals surface area contributed by atoms with Crippen molar-refractivity contribution >= 4 is 65.4 Å². The molecule has 0 fully saturated rings. The average molecular weight is 588 g/mol. The van der Waals surface area contributed by atoms with Crippen molar-refractivity contribution in [3.8, 4) is 28.3 Å². The van der Waals surface area contributed by atoms with Gasteiger partial charge in [-0.3, -0.25) is 4.57 Å². The predicted molar refractivity (Wildman–Crippen MR) is 190 cm³/mol. The fraction of sp³-hybridized carbons (Fsp3) is 0. The molecule has 0 amide bonds. The van der Waals surface area contributed by atoms with E-state index >= 15 is 0 Å². The van der Waals surface area contributed by atoms with Crippen LogP contribution in [0.1, 0.15) is 0 Å². The number of hydrogen-bond acceptors (Lipinski definition) is 3. The van der Waals surface area contributed by atoms with Crippen molar-refractivity contribution in [1.29, 1.82) is 0 Å². The monoisotopic (exact) mass is 587 g/mol. The Morgan fingerprint density at radius 2 is 1.11 bits per heavy atom. The van der Waals surface area contributed by atoms with Crippen LogP contribution in [0.25, 0.3) is 93.8 Å². The quantitative estimate of drug-likeness (QED) is 0.207. The number of hydrogen-bond donors (Lipinski definition) is 0. The Bertz CT molecular complexity index is 2810. The first-order valence-electron chi connectivity index (χ1n) is 15.5. The third-order valence-corrected chi connectivity index (χ3v) is 9.20. The molecule has 0 aliphatic heterocycles. The summed E-state index contributed by atoms with van der Waals surface area (Å²) in [6, 6.07) is 53.2. The molecule has 0 aliphatic carbocycles. The maximum Gasteiger partial charge on any atom is 0.235 e. The van der Waals surface area contributed by atoms with Gasteiger partial charge in [-0.15, -0.1) is 0 Å². The van der Waals surface area contributed by atoms with Crippen molar-refractivity contribution in [2.75, 3.05) is 0 Å². The van der Waals surface area contributed by atoms with E-state index in [0.29, 0.717) is 5.95 Å². The first-order chi connectivity index (χ1) is 22.8. The van der Waals surface area contributed by atoms with E-state index in [0.717, 1.165) is 66.3 Å². The van der Waals surface area contributed by atoms with Crippen molar-refractivity contribution in [1.82, 2.24) is 14.5 Å². The summed E-state index contributed by atoms with van der Waals surface area (Å²) in [5, 5.41) is 8.07. The molecule has 0 saturated carbocycles. The van der Waals surface area contributed by atoms with Crippen LogP contribution in [0.15, 0.2) is 156 Å². The Labute approximate surface area is 263 Å². The van der Waals surface area contributed by atoms with Gasteiger partial charge in [0, 0.05) is 32.5 Å². The van der Waals surface area contributed by atoms with Crippen molar-refractivity contribution in [3.63, 3.8) is 0 Å². The average Bonchev–Trinajstić information content (AvgIpc) is 3.67. The number of para-hydroxylation sites is 3. The highest BCUT2D eigenvalue weighted by atomic mass is 16.3. The number of nitrogens with zero attached hydrogens (tertiary/aromatic N) is 3. The number of furan rings is 1. The minimum Gasteiger partial charge on any atom is -0.456 e. The van der Waals surface area contributed by atoms with Gasteiger partial charge in [0.1, 0.15) is 11.2 Å². The van der Waals surface area contributed by atoms with Gasteiger partial charge in [0.05, 0.1) is 22.2 Å². The second-order valence-corrected chi connectivity index (χ2v) is 11.8. The summed E-state index contributed by atoms with van der Waals surface area (Å²) in [5.41, 5.74) is 9.22. The Kier molecular flexibility index (Phi) is 5.25. The minimum absolute atomic E-state index is 0.663. The van der Waals surface area contributed by atoms with Crippen molar-refractivity contribution in [2.45, 2.75) is 0 Å². The Balaban J connectivity index is 1.24. The summed E-state index contributed by atoms with van der Waals surface area (Å²) >= 11 is 0. The zero-order valence-corrected chi connectivity index (χ0v) is 24.7. The molecule has 3 heterocycles. The van der Waals surface area contributed by atoms with E-state index in [2.05, 4.69) is 132 Å². The maximum absolute atomic E-state index is 6.11. The molecule has 0 N–H and O–H groups in total. The largest absolute Gasteiger partial charge is 0.456 e. The van der Waals surface area contributed by atoms with Crippen LogP contribution in [0.5, 0.6) is 0 Å². The van der Waals surface area contributed by atoms with Crippen LogP contribution >= 0.6 is 0 Å². The molecular weight excluding hydrogens is 562 g/mol. The highest BCUT2D eigenvalue weighted by Crippen LogP contribution is 2.39. The van der Waals surface area contributed by atoms with Crippen molar-refractivity contribution < 1.29 is 4.42 Å². The van der Waals surface area contributed by atoms with Crippen LogP contribution in [0, 0.1) is 0 Å². The van der Waals surface area contributed by atoms with Gasteiger partial charge in [-0.05, 0) is 64.4 Å². The lowest BCUT2D eigenvalue weighted by Gasteiger charge is -2.12. The van der Waals surface area contributed by atoms with Crippen molar-refractivity contribution in [2.24, 2.45) is 0 Å². The molecule has 4 heteroatoms. The van der Waals surface area contributed by atoms with Crippen LogP contribution in [0.4, 0.5) is 0 Å². The smallest absolute Gasteiger partial charge is 0.235 e. The Hall–Kier alpha value is -6.26. The highest BCUT2D eigenvalue weighted by Gasteiger charge is 2.19. The Morgan fingerprint density at radius 3 is 2.00 bits per heavy atom. The SMILES string of the molecule is c1ccc(-c2nc(-n3c4ccccc4c4c5cc(-c6ccc7oc8ccccc8c7c6)ccc5ccc43)nc3ccccc23)cc1. The van der Waals surface area contributed by atoms with Gasteiger partial charge in [0.25, 0.3) is 0 Å². The lowest BCUT2D eigenvalue weighted by atomic mass is 9.97. The van der Waals surface area contributed by atoms with Gasteiger partial charge >= 0.3 is 0 Å². The molecule has 0 saturated heterocycles. The number of aromatic nitrogens is 3. The summed E-state index contributed by atoms with van der Waals surface area (Å²) in [7, 11) is 0. The van der Waals surface area contributed by atoms with E-state index in [9.17, 15) is 0 Å². The van der Waals surface area contributed by atoms with Crippen LogP contribution < -0.4 is 0 Å². The molecular formula is C42H25N3O. The third-order valence-electron chi connectivity index (χ3n) is 9.20. The van der Waals surface area contributed by atoms with Gasteiger partial charge in [-0.1, -0.05) is 109 Å². The molecule has 0 spiro atoms. The molecule has 0 atom stereocenters. The summed E-state index contributed by atoms with van der Waals surface area (Å²) in [6.07, 6.45) is 0. The number of fused-ring (bicyclic) bond motifs is 9. The molecule has 7 aromatic carbocycles. The van der Waals surface area contributed by atoms with Crippen LogP contribution in [0.3, 0.4) is 0 Å². The van der Waals surface area contributed by atoms with E-state index in [4.69, 9.17) is 14.4 Å². The normalized spacial score (nSPS) is 11.9. The number of rotatable bonds is 3. The third kappa shape index (κ3) is 3.67. The first-order valence-corrected chi connectivity index (χ1v) is 15.5. The second-order valence-electron chi connectivity index (χ2n) is 11.8. The van der Waals surface area contributed by atoms with Crippen LogP contribution in [-0.4, -0.2) is 14.5 Å². The molecule has 0 radical (unpaired) electrons. The molecule has 0 bridgehead atoms. The van der Waals surface area contributed by atoms with E-state index in [-0.39, 0.29) is 0 Å². The summed E-state index contributed by atoms with van der Waals surface area (Å²) in [5.74, 6) is 0.663. The molecule has 46 heavy (non-hydrogen) atoms. The molecule has 10 rings (SSSR count). The summed E-state index contributed by atoms with van der Waals surface area (Å²) in [6.45, 7) is 0. The molecule has 4 nitrogen and oxygen atoms in total. The summed E-state index contributed by atoms with van der Waals surface area (Å²) in [4.78, 5) is 10.4. The van der Waals surface area contributed by atoms with Crippen molar-refractivity contribution in [3.05, 3.63) is 152 Å². The Morgan fingerprint density at radius 1 is 0.435 bits per heavy atom. The molecule has 0 unspecified atom stereocenters. The fourth-order valence-electron chi connectivity index (χ4n) is 7.07. The van der Waals surface area contributed by atoms with E-state index < -0.39 is 0 Å². The maximum atomic E-state index is 6.11. The summed E-state index contributed by atoms with van der Waals surface area (Å²) < 4.78 is 8.33. The molecule has 214 valence electrons. The molecule has 10 aromatic rings. The van der Waals surface area contributed by atoms with Gasteiger partial charge in [-0.25, -0.2) is 9.97 Å². The minimum atomic E-state index is 0.663. The first kappa shape index (κ1) is 25.1. The van der Waals surface area contributed by atoms with Gasteiger partial charge in [0.2, 0.25) is 5.95 Å². The van der Waals surface area contributed by atoms with E-state index in [1.165, 1.54) is 21.5 Å². The second kappa shape index (κ2) is 9.62. The lowest BCUT2D eigenvalue weighted by Crippen LogP contribution is -2.03. The van der Waals surface area contributed by atoms with Gasteiger partial charge in [-0.2, -0.15) is 0 Å². The molecule has 3 aromatic heterocycles. The van der Waals surface area contributed by atoms with E-state index in [1.807, 2.05) is 24.3 Å². The zero-order valence-electron chi connectivity index (χ0n) is 24.7. The molecule has 0 aliphatic rings. The van der Waals surface area contributed by atoms with Gasteiger partial charge < -0.3 is 4.42 Å². The topological polar surface area (TPSA) is 43.9 Å². The van der Waals surface area contributed by atoms with E-state index in [1.54, 1.807) is 0 Å². The lowest BCUT2D eigenvalue weighted by molar-refractivity contribution is 0.669. The highest BCUT2D eigenvalue weighted by molar-refractivity contribution is 6.22. The van der Waals surface area contributed by atoms with Crippen LogP contribution in [0.2, 0.25) is 0 Å².